The number of primary amides is 1. The number of rotatable bonds is 5. The Morgan fingerprint density at radius 2 is 1.87 bits per heavy atom. The first-order valence-electron chi connectivity index (χ1n) is 6.58. The lowest BCUT2D eigenvalue weighted by molar-refractivity contribution is 0.0992. The van der Waals surface area contributed by atoms with Gasteiger partial charge in [0, 0.05) is 13.1 Å². The van der Waals surface area contributed by atoms with Gasteiger partial charge < -0.3 is 25.8 Å². The first kappa shape index (κ1) is 16.1. The standard InChI is InChI=1S/C14H17N5O4/c1-19-12(13(15)20)10(7-16-19)18-14(21)17-9-5-4-8(22-2)6-11(9)23-3/h4-7H,1-3H3,(H2,15,20)(H2,17,18,21). The molecule has 1 heterocycles. The molecule has 0 saturated heterocycles. The molecule has 0 unspecified atom stereocenters. The zero-order valence-corrected chi connectivity index (χ0v) is 12.9. The van der Waals surface area contributed by atoms with Crippen molar-refractivity contribution in [2.45, 2.75) is 0 Å². The van der Waals surface area contributed by atoms with Crippen LogP contribution in [0, 0.1) is 0 Å². The number of nitrogens with zero attached hydrogens (tertiary/aromatic N) is 2. The molecular formula is C14H17N5O4. The number of methoxy groups -OCH3 is 2. The number of benzene rings is 1. The lowest BCUT2D eigenvalue weighted by atomic mass is 10.2. The summed E-state index contributed by atoms with van der Waals surface area (Å²) < 4.78 is 11.6. The van der Waals surface area contributed by atoms with Gasteiger partial charge in [0.25, 0.3) is 5.91 Å². The smallest absolute Gasteiger partial charge is 0.323 e. The summed E-state index contributed by atoms with van der Waals surface area (Å²) in [7, 11) is 4.56. The molecular weight excluding hydrogens is 302 g/mol. The van der Waals surface area contributed by atoms with Crippen LogP contribution in [-0.2, 0) is 7.05 Å². The summed E-state index contributed by atoms with van der Waals surface area (Å²) >= 11 is 0. The molecule has 0 aliphatic carbocycles. The maximum absolute atomic E-state index is 12.1. The van der Waals surface area contributed by atoms with E-state index in [1.165, 1.54) is 25.1 Å². The monoisotopic (exact) mass is 319 g/mol. The van der Waals surface area contributed by atoms with Crippen molar-refractivity contribution < 1.29 is 19.1 Å². The van der Waals surface area contributed by atoms with Crippen molar-refractivity contribution in [3.8, 4) is 11.5 Å². The molecule has 1 aromatic carbocycles. The fraction of sp³-hybridized carbons (Fsp3) is 0.214. The third-order valence-electron chi connectivity index (χ3n) is 3.08. The van der Waals surface area contributed by atoms with Gasteiger partial charge in [-0.15, -0.1) is 0 Å². The third-order valence-corrected chi connectivity index (χ3v) is 3.08. The molecule has 9 nitrogen and oxygen atoms in total. The molecule has 0 aliphatic rings. The van der Waals surface area contributed by atoms with Gasteiger partial charge in [-0.1, -0.05) is 0 Å². The minimum Gasteiger partial charge on any atom is -0.497 e. The second kappa shape index (κ2) is 6.69. The average Bonchev–Trinajstić information content (AvgIpc) is 2.88. The van der Waals surface area contributed by atoms with Crippen molar-refractivity contribution in [3.05, 3.63) is 30.1 Å². The number of nitrogens with two attached hydrogens (primary N) is 1. The molecule has 4 N–H and O–H groups in total. The highest BCUT2D eigenvalue weighted by molar-refractivity contribution is 6.05. The summed E-state index contributed by atoms with van der Waals surface area (Å²) in [6, 6.07) is 4.38. The minimum absolute atomic E-state index is 0.0989. The van der Waals surface area contributed by atoms with Crippen LogP contribution in [0.3, 0.4) is 0 Å². The Balaban J connectivity index is 2.16. The average molecular weight is 319 g/mol. The van der Waals surface area contributed by atoms with Gasteiger partial charge in [-0.3, -0.25) is 9.48 Å². The van der Waals surface area contributed by atoms with Crippen molar-refractivity contribution in [3.63, 3.8) is 0 Å². The number of urea groups is 1. The van der Waals surface area contributed by atoms with Gasteiger partial charge in [-0.25, -0.2) is 4.79 Å². The second-order valence-electron chi connectivity index (χ2n) is 4.54. The largest absolute Gasteiger partial charge is 0.497 e. The number of anilines is 2. The second-order valence-corrected chi connectivity index (χ2v) is 4.54. The molecule has 0 radical (unpaired) electrons. The van der Waals surface area contributed by atoms with E-state index in [4.69, 9.17) is 15.2 Å². The zero-order valence-electron chi connectivity index (χ0n) is 12.9. The molecule has 0 bridgehead atoms. The van der Waals surface area contributed by atoms with Gasteiger partial charge >= 0.3 is 6.03 Å². The van der Waals surface area contributed by atoms with Gasteiger partial charge in [-0.2, -0.15) is 5.10 Å². The van der Waals surface area contributed by atoms with Crippen LogP contribution >= 0.6 is 0 Å². The summed E-state index contributed by atoms with van der Waals surface area (Å²) in [5.74, 6) is 0.333. The van der Waals surface area contributed by atoms with E-state index in [2.05, 4.69) is 15.7 Å². The molecule has 0 spiro atoms. The Morgan fingerprint density at radius 3 is 2.48 bits per heavy atom. The Kier molecular flexibility index (Phi) is 4.69. The number of carbonyl (C=O) groups is 2. The summed E-state index contributed by atoms with van der Waals surface area (Å²) in [6.07, 6.45) is 1.34. The van der Waals surface area contributed by atoms with Crippen LogP contribution in [0.2, 0.25) is 0 Å². The quantitative estimate of drug-likeness (QED) is 0.764. The Morgan fingerprint density at radius 1 is 1.17 bits per heavy atom. The number of hydrogen-bond donors (Lipinski definition) is 3. The predicted octanol–water partition coefficient (Wildman–Crippen LogP) is 1.18. The Bertz CT molecular complexity index is 741. The lowest BCUT2D eigenvalue weighted by Crippen LogP contribution is -2.23. The van der Waals surface area contributed by atoms with Crippen molar-refractivity contribution in [2.24, 2.45) is 12.8 Å². The first-order valence-corrected chi connectivity index (χ1v) is 6.58. The summed E-state index contributed by atoms with van der Waals surface area (Å²) in [6.45, 7) is 0. The van der Waals surface area contributed by atoms with E-state index >= 15 is 0 Å². The normalized spacial score (nSPS) is 10.0. The lowest BCUT2D eigenvalue weighted by Gasteiger charge is -2.12. The highest BCUT2D eigenvalue weighted by Gasteiger charge is 2.17. The number of carbonyl (C=O) groups excluding carboxylic acids is 2. The molecule has 23 heavy (non-hydrogen) atoms. The first-order chi connectivity index (χ1) is 11.0. The van der Waals surface area contributed by atoms with Crippen LogP contribution in [0.25, 0.3) is 0 Å². The molecule has 0 saturated carbocycles. The number of amides is 3. The van der Waals surface area contributed by atoms with Gasteiger partial charge in [0.15, 0.2) is 0 Å². The number of nitrogens with one attached hydrogen (secondary N) is 2. The molecule has 0 aliphatic heterocycles. The van der Waals surface area contributed by atoms with Crippen molar-refractivity contribution in [2.75, 3.05) is 24.9 Å². The number of aromatic nitrogens is 2. The van der Waals surface area contributed by atoms with Crippen LogP contribution in [0.15, 0.2) is 24.4 Å². The Hall–Kier alpha value is -3.23. The summed E-state index contributed by atoms with van der Waals surface area (Å²) in [5, 5.41) is 9.02. The van der Waals surface area contributed by atoms with E-state index < -0.39 is 11.9 Å². The SMILES string of the molecule is COc1ccc(NC(=O)Nc2cnn(C)c2C(N)=O)c(OC)c1. The van der Waals surface area contributed by atoms with Gasteiger partial charge in [0.1, 0.15) is 17.2 Å². The zero-order chi connectivity index (χ0) is 17.0. The van der Waals surface area contributed by atoms with Crippen LogP contribution in [0.5, 0.6) is 11.5 Å². The van der Waals surface area contributed by atoms with Gasteiger partial charge in [-0.05, 0) is 12.1 Å². The predicted molar refractivity (Wildman–Crippen MR) is 83.9 cm³/mol. The maximum Gasteiger partial charge on any atom is 0.323 e. The molecule has 2 aromatic rings. The molecule has 122 valence electrons. The van der Waals surface area contributed by atoms with E-state index in [0.717, 1.165) is 0 Å². The van der Waals surface area contributed by atoms with Crippen LogP contribution in [0.1, 0.15) is 10.5 Å². The fourth-order valence-electron chi connectivity index (χ4n) is 2.00. The van der Waals surface area contributed by atoms with Gasteiger partial charge in [0.05, 0.1) is 31.8 Å². The van der Waals surface area contributed by atoms with Crippen molar-refractivity contribution in [1.82, 2.24) is 9.78 Å². The fourth-order valence-corrected chi connectivity index (χ4v) is 2.00. The molecule has 3 amide bonds. The van der Waals surface area contributed by atoms with Gasteiger partial charge in [0.2, 0.25) is 0 Å². The molecule has 1 aromatic heterocycles. The molecule has 9 heteroatoms. The number of ether oxygens (including phenoxy) is 2. The summed E-state index contributed by atoms with van der Waals surface area (Å²) in [5.41, 5.74) is 6.01. The highest BCUT2D eigenvalue weighted by atomic mass is 16.5. The van der Waals surface area contributed by atoms with Crippen molar-refractivity contribution in [1.29, 1.82) is 0 Å². The van der Waals surface area contributed by atoms with Crippen molar-refractivity contribution >= 4 is 23.3 Å². The molecule has 0 atom stereocenters. The van der Waals surface area contributed by atoms with E-state index in [1.807, 2.05) is 0 Å². The number of hydrogen-bond acceptors (Lipinski definition) is 5. The maximum atomic E-state index is 12.1. The van der Waals surface area contributed by atoms with E-state index in [0.29, 0.717) is 17.2 Å². The Labute approximate surface area is 132 Å². The summed E-state index contributed by atoms with van der Waals surface area (Å²) in [4.78, 5) is 23.5. The topological polar surface area (TPSA) is 121 Å². The van der Waals surface area contributed by atoms with E-state index in [-0.39, 0.29) is 11.4 Å². The van der Waals surface area contributed by atoms with Crippen LogP contribution in [-0.4, -0.2) is 35.9 Å². The number of aryl methyl sites for hydroxylation is 1. The van der Waals surface area contributed by atoms with Crippen LogP contribution in [0.4, 0.5) is 16.2 Å². The minimum atomic E-state index is -0.692. The highest BCUT2D eigenvalue weighted by Crippen LogP contribution is 2.29. The van der Waals surface area contributed by atoms with E-state index in [1.54, 1.807) is 25.2 Å². The molecule has 2 rings (SSSR count). The molecule has 0 fully saturated rings. The van der Waals surface area contributed by atoms with Crippen LogP contribution < -0.4 is 25.8 Å². The third kappa shape index (κ3) is 3.51. The van der Waals surface area contributed by atoms with E-state index in [9.17, 15) is 9.59 Å².